The summed E-state index contributed by atoms with van der Waals surface area (Å²) >= 11 is 0. The Morgan fingerprint density at radius 1 is 1.32 bits per heavy atom. The van der Waals surface area contributed by atoms with Gasteiger partial charge in [0.25, 0.3) is 5.91 Å². The topological polar surface area (TPSA) is 65.8 Å². The molecule has 6 nitrogen and oxygen atoms in total. The predicted octanol–water partition coefficient (Wildman–Crippen LogP) is 2.69. The molecule has 1 aliphatic heterocycles. The highest BCUT2D eigenvalue weighted by Crippen LogP contribution is 2.21. The van der Waals surface area contributed by atoms with Crippen LogP contribution in [0.1, 0.15) is 35.0 Å². The van der Waals surface area contributed by atoms with Crippen LogP contribution in [-0.4, -0.2) is 55.3 Å². The second kappa shape index (κ2) is 9.01. The number of rotatable bonds is 6. The van der Waals surface area contributed by atoms with E-state index in [-0.39, 0.29) is 29.6 Å². The summed E-state index contributed by atoms with van der Waals surface area (Å²) < 4.78 is 18.7. The van der Waals surface area contributed by atoms with Crippen LogP contribution < -0.4 is 5.32 Å². The van der Waals surface area contributed by atoms with Gasteiger partial charge in [-0.1, -0.05) is 12.1 Å². The summed E-state index contributed by atoms with van der Waals surface area (Å²) in [6.07, 6.45) is 2.97. The first-order valence-corrected chi connectivity index (χ1v) is 9.48. The van der Waals surface area contributed by atoms with Crippen LogP contribution in [0.2, 0.25) is 0 Å². The number of halogens is 1. The molecule has 2 amide bonds. The van der Waals surface area contributed by atoms with Crippen molar-refractivity contribution in [2.75, 3.05) is 33.7 Å². The quantitative estimate of drug-likeness (QED) is 0.828. The summed E-state index contributed by atoms with van der Waals surface area (Å²) in [4.78, 5) is 28.8. The van der Waals surface area contributed by atoms with Crippen LogP contribution in [0.3, 0.4) is 0 Å². The summed E-state index contributed by atoms with van der Waals surface area (Å²) in [5.74, 6) is -0.536. The number of furan rings is 1. The molecule has 28 heavy (non-hydrogen) atoms. The van der Waals surface area contributed by atoms with E-state index in [1.807, 2.05) is 25.1 Å². The lowest BCUT2D eigenvalue weighted by molar-refractivity contribution is -0.126. The Balaban J connectivity index is 1.59. The summed E-state index contributed by atoms with van der Waals surface area (Å²) in [5, 5.41) is 2.98. The Bertz CT molecular complexity index is 807. The molecule has 1 fully saturated rings. The van der Waals surface area contributed by atoms with Crippen LogP contribution in [-0.2, 0) is 4.79 Å². The van der Waals surface area contributed by atoms with Gasteiger partial charge in [-0.2, -0.15) is 0 Å². The minimum Gasteiger partial charge on any atom is -0.459 e. The Kier molecular flexibility index (Phi) is 6.46. The van der Waals surface area contributed by atoms with Gasteiger partial charge in [0.15, 0.2) is 5.76 Å². The zero-order valence-electron chi connectivity index (χ0n) is 16.2. The van der Waals surface area contributed by atoms with Crippen molar-refractivity contribution in [3.8, 4) is 0 Å². The maximum absolute atomic E-state index is 13.6. The third-order valence-corrected chi connectivity index (χ3v) is 5.14. The molecule has 0 aliphatic carbocycles. The normalized spacial score (nSPS) is 18.1. The van der Waals surface area contributed by atoms with Crippen LogP contribution in [0.15, 0.2) is 47.1 Å². The SMILES string of the molecule is CN(C)C(CNC(=O)C1CCCN(C(=O)c2ccco2)C1)c1cccc(F)c1. The predicted molar refractivity (Wildman–Crippen MR) is 103 cm³/mol. The second-order valence-electron chi connectivity index (χ2n) is 7.35. The van der Waals surface area contributed by atoms with Gasteiger partial charge in [0, 0.05) is 19.6 Å². The maximum Gasteiger partial charge on any atom is 0.289 e. The van der Waals surface area contributed by atoms with E-state index in [4.69, 9.17) is 4.42 Å². The van der Waals surface area contributed by atoms with E-state index in [2.05, 4.69) is 5.32 Å². The first-order chi connectivity index (χ1) is 13.5. The number of hydrogen-bond acceptors (Lipinski definition) is 4. The minimum absolute atomic E-state index is 0.0832. The summed E-state index contributed by atoms with van der Waals surface area (Å²) in [5.41, 5.74) is 0.809. The number of carbonyl (C=O) groups excluding carboxylic acids is 2. The molecule has 2 heterocycles. The van der Waals surface area contributed by atoms with Crippen LogP contribution in [0, 0.1) is 11.7 Å². The fourth-order valence-electron chi connectivity index (χ4n) is 3.59. The summed E-state index contributed by atoms with van der Waals surface area (Å²) in [6, 6.07) is 9.58. The number of benzene rings is 1. The second-order valence-corrected chi connectivity index (χ2v) is 7.35. The molecule has 2 aromatic rings. The number of hydrogen-bond donors (Lipinski definition) is 1. The molecule has 1 N–H and O–H groups in total. The van der Waals surface area contributed by atoms with Gasteiger partial charge in [-0.3, -0.25) is 9.59 Å². The molecule has 3 rings (SSSR count). The lowest BCUT2D eigenvalue weighted by atomic mass is 9.96. The number of nitrogens with one attached hydrogen (secondary N) is 1. The molecule has 7 heteroatoms. The minimum atomic E-state index is -0.296. The zero-order valence-corrected chi connectivity index (χ0v) is 16.2. The molecular weight excluding hydrogens is 361 g/mol. The monoisotopic (exact) mass is 387 g/mol. The zero-order chi connectivity index (χ0) is 20.1. The lowest BCUT2D eigenvalue weighted by Crippen LogP contribution is -2.46. The summed E-state index contributed by atoms with van der Waals surface area (Å²) in [7, 11) is 3.79. The first-order valence-electron chi connectivity index (χ1n) is 9.48. The number of nitrogens with zero attached hydrogens (tertiary/aromatic N) is 2. The average molecular weight is 387 g/mol. The molecule has 150 valence electrons. The van der Waals surface area contributed by atoms with E-state index in [1.165, 1.54) is 18.4 Å². The van der Waals surface area contributed by atoms with Crippen LogP contribution >= 0.6 is 0 Å². The van der Waals surface area contributed by atoms with E-state index in [9.17, 15) is 14.0 Å². The van der Waals surface area contributed by atoms with Crippen LogP contribution in [0.5, 0.6) is 0 Å². The standard InChI is InChI=1S/C21H26FN3O3/c1-24(2)18(15-6-3-8-17(22)12-15)13-23-20(26)16-7-4-10-25(14-16)21(27)19-9-5-11-28-19/h3,5-6,8-9,11-12,16,18H,4,7,10,13-14H2,1-2H3,(H,23,26). The van der Waals surface area contributed by atoms with Gasteiger partial charge in [0.2, 0.25) is 5.91 Å². The van der Waals surface area contributed by atoms with Crippen molar-refractivity contribution in [1.29, 1.82) is 0 Å². The summed E-state index contributed by atoms with van der Waals surface area (Å²) in [6.45, 7) is 1.36. The van der Waals surface area contributed by atoms with E-state index >= 15 is 0 Å². The van der Waals surface area contributed by atoms with Gasteiger partial charge in [-0.15, -0.1) is 0 Å². The molecule has 1 aliphatic rings. The first kappa shape index (κ1) is 20.1. The van der Waals surface area contributed by atoms with Crippen molar-refractivity contribution in [2.24, 2.45) is 5.92 Å². The van der Waals surface area contributed by atoms with Crippen molar-refractivity contribution in [1.82, 2.24) is 15.1 Å². The highest BCUT2D eigenvalue weighted by Gasteiger charge is 2.30. The van der Waals surface area contributed by atoms with Crippen LogP contribution in [0.25, 0.3) is 0 Å². The molecule has 2 unspecified atom stereocenters. The third kappa shape index (κ3) is 4.78. The number of piperidine rings is 1. The molecule has 0 saturated carbocycles. The number of likely N-dealkylation sites (tertiary alicyclic amines) is 1. The van der Waals surface area contributed by atoms with E-state index < -0.39 is 0 Å². The van der Waals surface area contributed by atoms with Gasteiger partial charge >= 0.3 is 0 Å². The molecule has 1 aromatic heterocycles. The van der Waals surface area contributed by atoms with Gasteiger partial charge in [-0.25, -0.2) is 4.39 Å². The smallest absolute Gasteiger partial charge is 0.289 e. The number of carbonyl (C=O) groups is 2. The van der Waals surface area contributed by atoms with Gasteiger partial charge in [0.1, 0.15) is 5.82 Å². The highest BCUT2D eigenvalue weighted by molar-refractivity contribution is 5.92. The molecule has 0 spiro atoms. The number of likely N-dealkylation sites (N-methyl/N-ethyl adjacent to an activating group) is 1. The van der Waals surface area contributed by atoms with Gasteiger partial charge in [-0.05, 0) is 56.8 Å². The number of amides is 2. The van der Waals surface area contributed by atoms with Crippen LogP contribution in [0.4, 0.5) is 4.39 Å². The molecule has 0 radical (unpaired) electrons. The van der Waals surface area contributed by atoms with E-state index in [0.717, 1.165) is 18.4 Å². The van der Waals surface area contributed by atoms with Crippen molar-refractivity contribution < 1.29 is 18.4 Å². The molecule has 0 bridgehead atoms. The molecular formula is C21H26FN3O3. The van der Waals surface area contributed by atoms with Crippen molar-refractivity contribution in [2.45, 2.75) is 18.9 Å². The Hall–Kier alpha value is -2.67. The fraction of sp³-hybridized carbons (Fsp3) is 0.429. The maximum atomic E-state index is 13.6. The Labute approximate surface area is 164 Å². The van der Waals surface area contributed by atoms with Gasteiger partial charge < -0.3 is 19.5 Å². The Morgan fingerprint density at radius 3 is 2.82 bits per heavy atom. The lowest BCUT2D eigenvalue weighted by Gasteiger charge is -2.32. The van der Waals surface area contributed by atoms with E-state index in [0.29, 0.717) is 25.4 Å². The van der Waals surface area contributed by atoms with E-state index in [1.54, 1.807) is 23.1 Å². The largest absolute Gasteiger partial charge is 0.459 e. The molecule has 2 atom stereocenters. The third-order valence-electron chi connectivity index (χ3n) is 5.14. The van der Waals surface area contributed by atoms with Crippen molar-refractivity contribution in [3.63, 3.8) is 0 Å². The fourth-order valence-corrected chi connectivity index (χ4v) is 3.59. The molecule has 1 saturated heterocycles. The van der Waals surface area contributed by atoms with Gasteiger partial charge in [0.05, 0.1) is 18.2 Å². The average Bonchev–Trinajstić information content (AvgIpc) is 3.22. The van der Waals surface area contributed by atoms with Crippen molar-refractivity contribution in [3.05, 3.63) is 59.8 Å². The van der Waals surface area contributed by atoms with Crippen molar-refractivity contribution >= 4 is 11.8 Å². The Morgan fingerprint density at radius 2 is 2.14 bits per heavy atom. The highest BCUT2D eigenvalue weighted by atomic mass is 19.1. The molecule has 1 aromatic carbocycles.